The van der Waals surface area contributed by atoms with Crippen LogP contribution in [-0.2, 0) is 4.79 Å². The van der Waals surface area contributed by atoms with E-state index in [0.717, 1.165) is 4.47 Å². The molecule has 0 saturated carbocycles. The number of urea groups is 1. The van der Waals surface area contributed by atoms with Gasteiger partial charge in [-0.3, -0.25) is 10.1 Å². The van der Waals surface area contributed by atoms with Crippen molar-refractivity contribution in [2.75, 3.05) is 5.32 Å². The van der Waals surface area contributed by atoms with Crippen molar-refractivity contribution in [3.05, 3.63) is 28.7 Å². The fourth-order valence-electron chi connectivity index (χ4n) is 0.787. The summed E-state index contributed by atoms with van der Waals surface area (Å²) in [6.07, 6.45) is 0.327. The molecule has 0 fully saturated rings. The van der Waals surface area contributed by atoms with Gasteiger partial charge in [0.15, 0.2) is 0 Å². The summed E-state index contributed by atoms with van der Waals surface area (Å²) in [6.45, 7) is 0. The number of anilines is 1. The Bertz CT molecular complexity index is 328. The maximum atomic E-state index is 10.9. The maximum absolute atomic E-state index is 10.9. The zero-order chi connectivity index (χ0) is 9.68. The molecule has 0 radical (unpaired) electrons. The van der Waals surface area contributed by atoms with Gasteiger partial charge in [0.05, 0.1) is 0 Å². The lowest BCUT2D eigenvalue weighted by atomic mass is 10.3. The molecule has 13 heavy (non-hydrogen) atoms. The number of rotatable bonds is 2. The number of carbonyl (C=O) groups is 2. The normalized spacial score (nSPS) is 9.00. The summed E-state index contributed by atoms with van der Waals surface area (Å²) in [5, 5.41) is 4.44. The van der Waals surface area contributed by atoms with E-state index in [9.17, 15) is 9.59 Å². The quantitative estimate of drug-likeness (QED) is 0.777. The van der Waals surface area contributed by atoms with Crippen molar-refractivity contribution in [1.29, 1.82) is 0 Å². The number of amides is 3. The highest BCUT2D eigenvalue weighted by molar-refractivity contribution is 9.10. The van der Waals surface area contributed by atoms with Crippen LogP contribution in [0.5, 0.6) is 0 Å². The number of benzene rings is 1. The molecule has 0 aliphatic carbocycles. The van der Waals surface area contributed by atoms with Gasteiger partial charge in [-0.05, 0) is 18.2 Å². The number of nitrogens with one attached hydrogen (secondary N) is 2. The van der Waals surface area contributed by atoms with Crippen LogP contribution in [0.3, 0.4) is 0 Å². The molecule has 0 bridgehead atoms. The molecule has 2 N–H and O–H groups in total. The van der Waals surface area contributed by atoms with Crippen LogP contribution in [0.1, 0.15) is 0 Å². The van der Waals surface area contributed by atoms with E-state index in [-0.39, 0.29) is 0 Å². The third-order valence-corrected chi connectivity index (χ3v) is 1.77. The summed E-state index contributed by atoms with van der Waals surface area (Å²) < 4.78 is 0.858. The number of carbonyl (C=O) groups excluding carboxylic acids is 2. The van der Waals surface area contributed by atoms with Gasteiger partial charge >= 0.3 is 6.03 Å². The monoisotopic (exact) mass is 242 g/mol. The van der Waals surface area contributed by atoms with E-state index in [4.69, 9.17) is 0 Å². The molecule has 0 unspecified atom stereocenters. The zero-order valence-corrected chi connectivity index (χ0v) is 8.17. The zero-order valence-electron chi connectivity index (χ0n) is 6.58. The van der Waals surface area contributed by atoms with Crippen LogP contribution in [0.4, 0.5) is 10.5 Å². The summed E-state index contributed by atoms with van der Waals surface area (Å²) in [4.78, 5) is 20.7. The van der Waals surface area contributed by atoms with Crippen LogP contribution in [0.2, 0.25) is 0 Å². The minimum atomic E-state index is -0.548. The molecule has 0 heterocycles. The molecule has 1 rings (SSSR count). The molecule has 0 aliphatic heterocycles. The van der Waals surface area contributed by atoms with Crippen molar-refractivity contribution < 1.29 is 9.59 Å². The van der Waals surface area contributed by atoms with Gasteiger partial charge in [0, 0.05) is 10.2 Å². The highest BCUT2D eigenvalue weighted by Crippen LogP contribution is 2.15. The minimum Gasteiger partial charge on any atom is -0.308 e. The summed E-state index contributed by atoms with van der Waals surface area (Å²) in [7, 11) is 0. The Balaban J connectivity index is 2.63. The number of hydrogen-bond donors (Lipinski definition) is 2. The van der Waals surface area contributed by atoms with Gasteiger partial charge in [0.25, 0.3) is 0 Å². The highest BCUT2D eigenvalue weighted by atomic mass is 79.9. The Morgan fingerprint density at radius 2 is 2.23 bits per heavy atom. The number of imide groups is 1. The van der Waals surface area contributed by atoms with E-state index in [0.29, 0.717) is 12.1 Å². The summed E-state index contributed by atoms with van der Waals surface area (Å²) >= 11 is 3.25. The van der Waals surface area contributed by atoms with Gasteiger partial charge in [0.2, 0.25) is 6.41 Å². The first kappa shape index (κ1) is 9.73. The lowest BCUT2D eigenvalue weighted by molar-refractivity contribution is -0.108. The highest BCUT2D eigenvalue weighted by Gasteiger charge is 1.98. The first-order valence-electron chi connectivity index (χ1n) is 3.49. The first-order chi connectivity index (χ1) is 6.22. The molecular weight excluding hydrogens is 236 g/mol. The van der Waals surface area contributed by atoms with Gasteiger partial charge < -0.3 is 5.32 Å². The van der Waals surface area contributed by atoms with Crippen molar-refractivity contribution in [3.8, 4) is 0 Å². The van der Waals surface area contributed by atoms with Crippen molar-refractivity contribution in [2.24, 2.45) is 0 Å². The predicted molar refractivity (Wildman–Crippen MR) is 52.4 cm³/mol. The van der Waals surface area contributed by atoms with Crippen LogP contribution in [0, 0.1) is 0 Å². The van der Waals surface area contributed by atoms with E-state index < -0.39 is 6.03 Å². The Morgan fingerprint density at radius 1 is 1.46 bits per heavy atom. The molecule has 4 nitrogen and oxygen atoms in total. The van der Waals surface area contributed by atoms with Crippen molar-refractivity contribution >= 4 is 34.1 Å². The van der Waals surface area contributed by atoms with E-state index in [1.165, 1.54) is 0 Å². The van der Waals surface area contributed by atoms with Gasteiger partial charge in [-0.15, -0.1) is 0 Å². The maximum Gasteiger partial charge on any atom is 0.325 e. The lowest BCUT2D eigenvalue weighted by Gasteiger charge is -2.02. The van der Waals surface area contributed by atoms with E-state index in [1.807, 2.05) is 11.4 Å². The van der Waals surface area contributed by atoms with Crippen LogP contribution in [0.15, 0.2) is 28.7 Å². The van der Waals surface area contributed by atoms with Gasteiger partial charge in [0.1, 0.15) is 0 Å². The summed E-state index contributed by atoms with van der Waals surface area (Å²) in [5.41, 5.74) is 0.619. The Labute approximate surface area is 83.5 Å². The first-order valence-corrected chi connectivity index (χ1v) is 4.28. The van der Waals surface area contributed by atoms with Crippen LogP contribution < -0.4 is 10.6 Å². The largest absolute Gasteiger partial charge is 0.325 e. The van der Waals surface area contributed by atoms with Gasteiger partial charge in [-0.25, -0.2) is 4.79 Å². The average Bonchev–Trinajstić information content (AvgIpc) is 2.04. The number of hydrogen-bond acceptors (Lipinski definition) is 2. The second kappa shape index (κ2) is 4.61. The van der Waals surface area contributed by atoms with Crippen LogP contribution in [-0.4, -0.2) is 12.4 Å². The van der Waals surface area contributed by atoms with E-state index in [1.54, 1.807) is 18.2 Å². The van der Waals surface area contributed by atoms with Gasteiger partial charge in [-0.2, -0.15) is 0 Å². The molecule has 0 aromatic heterocycles. The average molecular weight is 243 g/mol. The topological polar surface area (TPSA) is 58.2 Å². The van der Waals surface area contributed by atoms with Gasteiger partial charge in [-0.1, -0.05) is 22.0 Å². The summed E-state index contributed by atoms with van der Waals surface area (Å²) in [6, 6.07) is 6.51. The van der Waals surface area contributed by atoms with Crippen molar-refractivity contribution in [1.82, 2.24) is 5.32 Å². The van der Waals surface area contributed by atoms with Crippen LogP contribution in [0.25, 0.3) is 0 Å². The molecule has 0 saturated heterocycles. The summed E-state index contributed by atoms with van der Waals surface area (Å²) in [5.74, 6) is 0. The second-order valence-electron chi connectivity index (χ2n) is 2.23. The standard InChI is InChI=1S/C8H7BrN2O2/c9-6-2-1-3-7(4-6)11-8(13)10-5-12/h1-5H,(H2,10,11,12,13). The lowest BCUT2D eigenvalue weighted by Crippen LogP contribution is -2.26. The molecule has 5 heteroatoms. The molecule has 0 spiro atoms. The molecule has 0 aliphatic rings. The second-order valence-corrected chi connectivity index (χ2v) is 3.14. The smallest absolute Gasteiger partial charge is 0.308 e. The Morgan fingerprint density at radius 3 is 2.85 bits per heavy atom. The molecule has 1 aromatic carbocycles. The molecule has 1 aromatic rings. The fraction of sp³-hybridized carbons (Fsp3) is 0. The van der Waals surface area contributed by atoms with Crippen LogP contribution >= 0.6 is 15.9 Å². The molecule has 3 amide bonds. The van der Waals surface area contributed by atoms with E-state index in [2.05, 4.69) is 21.2 Å². The molecular formula is C8H7BrN2O2. The minimum absolute atomic E-state index is 0.327. The molecule has 68 valence electrons. The van der Waals surface area contributed by atoms with Crippen molar-refractivity contribution in [3.63, 3.8) is 0 Å². The third-order valence-electron chi connectivity index (χ3n) is 1.27. The molecule has 0 atom stereocenters. The third kappa shape index (κ3) is 3.25. The Hall–Kier alpha value is -1.36. The fourth-order valence-corrected chi connectivity index (χ4v) is 1.19. The van der Waals surface area contributed by atoms with E-state index >= 15 is 0 Å². The number of halogens is 1. The van der Waals surface area contributed by atoms with Crippen molar-refractivity contribution in [2.45, 2.75) is 0 Å². The predicted octanol–water partition coefficient (Wildman–Crippen LogP) is 1.73. The SMILES string of the molecule is O=CNC(=O)Nc1cccc(Br)c1. The Kier molecular flexibility index (Phi) is 3.45.